The summed E-state index contributed by atoms with van der Waals surface area (Å²) in [6.07, 6.45) is -52.1. The molecule has 6 saturated heterocycles. The average Bonchev–Trinajstić information content (AvgIpc) is 1.07. The molecule has 88 heavy (non-hydrogen) atoms. The molecule has 26 N–H and O–H groups in total. The number of carboxylic acids is 1. The number of carboxylic acid groups (broad SMARTS) is 1. The Morgan fingerprint density at radius 2 is 0.500 bits per heavy atom. The lowest BCUT2D eigenvalue weighted by Gasteiger charge is -2.44. The van der Waals surface area contributed by atoms with E-state index in [9.17, 15) is 125 Å². The van der Waals surface area contributed by atoms with E-state index in [-0.39, 0.29) is 6.54 Å². The quantitative estimate of drug-likeness (QED) is 0.0538. The van der Waals surface area contributed by atoms with Crippen molar-refractivity contribution in [1.29, 1.82) is 0 Å². The number of hydrogen-bond acceptors (Lipinski definition) is 31. The van der Waals surface area contributed by atoms with Gasteiger partial charge in [-0.1, -0.05) is 0 Å². The molecule has 40 heteroatoms. The molecule has 0 aromatic rings. The van der Waals surface area contributed by atoms with Gasteiger partial charge in [-0.3, -0.25) is 38.4 Å². The highest BCUT2D eigenvalue weighted by Gasteiger charge is 2.55. The first kappa shape index (κ1) is 71.4. The summed E-state index contributed by atoms with van der Waals surface area (Å²) in [5.41, 5.74) is 5.53. The van der Waals surface area contributed by atoms with Gasteiger partial charge >= 0.3 is 5.97 Å². The normalized spacial score (nSPS) is 42.7. The lowest BCUT2D eigenvalue weighted by atomic mass is 9.91. The second-order valence-electron chi connectivity index (χ2n) is 21.9. The average molecular weight is 1280 g/mol. The third kappa shape index (κ3) is 16.1. The first-order chi connectivity index (χ1) is 41.2. The molecule has 0 spiro atoms. The Morgan fingerprint density at radius 3 is 0.750 bits per heavy atom. The maximum Gasteiger partial charge on any atom is 0.335 e. The molecule has 6 aliphatic heterocycles. The van der Waals surface area contributed by atoms with Gasteiger partial charge in [0, 0.05) is 60.0 Å². The first-order valence-electron chi connectivity index (χ1n) is 27.5. The molecule has 8 amide bonds. The molecule has 6 fully saturated rings. The third-order valence-corrected chi connectivity index (χ3v) is 15.6. The Bertz CT molecular complexity index is 2490. The molecule has 0 saturated carbocycles. The van der Waals surface area contributed by atoms with Gasteiger partial charge < -0.3 is 158 Å². The molecule has 40 nitrogen and oxygen atoms in total. The maximum absolute atomic E-state index is 13.8. The molecular weight excluding hydrogens is 1200 g/mol. The number of carbonyl (C=O) groups is 9. The van der Waals surface area contributed by atoms with Crippen LogP contribution < -0.4 is 48.3 Å². The summed E-state index contributed by atoms with van der Waals surface area (Å²) in [7, 11) is 0. The molecule has 500 valence electrons. The zero-order chi connectivity index (χ0) is 65.7. The van der Waals surface area contributed by atoms with Gasteiger partial charge in [0.1, 0.15) is 122 Å². The predicted molar refractivity (Wildman–Crippen MR) is 277 cm³/mol. The van der Waals surface area contributed by atoms with E-state index in [4.69, 9.17) is 34.2 Å². The lowest BCUT2D eigenvalue weighted by Crippen LogP contribution is -2.69. The van der Waals surface area contributed by atoms with Crippen LogP contribution >= 0.6 is 0 Å². The molecule has 0 aliphatic carbocycles. The topological polar surface area (TPSA) is 655 Å². The molecule has 0 aromatic carbocycles. The fraction of sp³-hybridized carbons (Fsp3) is 0.812. The molecule has 0 aromatic heterocycles. The van der Waals surface area contributed by atoms with E-state index in [2.05, 4.69) is 42.5 Å². The summed E-state index contributed by atoms with van der Waals surface area (Å²) in [5.74, 6) is -10.3. The van der Waals surface area contributed by atoms with Crippen LogP contribution in [0.25, 0.3) is 0 Å². The maximum atomic E-state index is 13.8. The second-order valence-corrected chi connectivity index (χ2v) is 21.9. The third-order valence-electron chi connectivity index (χ3n) is 15.6. The number of carbonyl (C=O) groups excluding carboxylic acids is 8. The van der Waals surface area contributed by atoms with Crippen molar-refractivity contribution >= 4 is 53.2 Å². The van der Waals surface area contributed by atoms with Crippen molar-refractivity contribution in [2.45, 2.75) is 204 Å². The van der Waals surface area contributed by atoms with Gasteiger partial charge in [0.2, 0.25) is 17.7 Å². The van der Waals surface area contributed by atoms with Crippen LogP contribution in [0.15, 0.2) is 0 Å². The Kier molecular flexibility index (Phi) is 24.7. The predicted octanol–water partition coefficient (Wildman–Crippen LogP) is -17.9. The number of aliphatic hydroxyl groups is 15. The zero-order valence-corrected chi connectivity index (χ0v) is 46.9. The van der Waals surface area contributed by atoms with Crippen LogP contribution in [0.4, 0.5) is 0 Å². The smallest absolute Gasteiger partial charge is 0.335 e. The van der Waals surface area contributed by atoms with Crippen molar-refractivity contribution in [1.82, 2.24) is 42.5 Å². The monoisotopic (exact) mass is 1280 g/mol. The van der Waals surface area contributed by atoms with E-state index in [1.54, 1.807) is 0 Å². The summed E-state index contributed by atoms with van der Waals surface area (Å²) in [5, 5.41) is 189. The van der Waals surface area contributed by atoms with Gasteiger partial charge in [0.05, 0.1) is 24.2 Å². The Morgan fingerprint density at radius 1 is 0.295 bits per heavy atom. The van der Waals surface area contributed by atoms with Crippen molar-refractivity contribution in [3.63, 3.8) is 0 Å². The van der Waals surface area contributed by atoms with E-state index in [1.165, 1.54) is 0 Å². The Balaban J connectivity index is 1.06. The van der Waals surface area contributed by atoms with E-state index < -0.39 is 269 Å². The summed E-state index contributed by atoms with van der Waals surface area (Å²) >= 11 is 0. The molecule has 0 bridgehead atoms. The lowest BCUT2D eigenvalue weighted by molar-refractivity contribution is -0.221. The van der Waals surface area contributed by atoms with E-state index in [0.717, 1.165) is 20.8 Å². The van der Waals surface area contributed by atoms with Crippen molar-refractivity contribution in [3.05, 3.63) is 0 Å². The molecule has 6 rings (SSSR count). The molecule has 0 unspecified atom stereocenters. The van der Waals surface area contributed by atoms with Crippen LogP contribution in [0.5, 0.6) is 0 Å². The molecule has 6 aliphatic rings. The minimum atomic E-state index is -2.23. The largest absolute Gasteiger partial charge is 0.479 e. The van der Waals surface area contributed by atoms with Crippen molar-refractivity contribution in [2.24, 2.45) is 5.73 Å². The minimum Gasteiger partial charge on any atom is -0.479 e. The summed E-state index contributed by atoms with van der Waals surface area (Å²) in [6.45, 7) is -1.45. The van der Waals surface area contributed by atoms with Gasteiger partial charge in [0.15, 0.2) is 36.6 Å². The van der Waals surface area contributed by atoms with Crippen LogP contribution in [0.3, 0.4) is 0 Å². The minimum absolute atomic E-state index is 0.378. The van der Waals surface area contributed by atoms with Crippen LogP contribution in [0, 0.1) is 0 Å². The fourth-order valence-corrected chi connectivity index (χ4v) is 10.8. The molecular formula is C48H77N9O31. The number of nitrogens with two attached hydrogens (primary N) is 1. The molecule has 6 heterocycles. The number of hydrogen-bond donors (Lipinski definition) is 25. The van der Waals surface area contributed by atoms with Gasteiger partial charge in [-0.25, -0.2) is 4.79 Å². The first-order valence-corrected chi connectivity index (χ1v) is 27.5. The number of aliphatic hydroxyl groups excluding tert-OH is 15. The SMILES string of the molecule is CC(=O)N[C@@H]1[C@@H](O)[C@H](O)[C@@H](CNC(=O)[C@@H]2O[C@H](CNC(=O)[C@@H]3O[C@H](CNC(=O)[C@@H]4O[C@H](CNC(=O)[C@@H]5O[C@H](CNC(=O)[C@@H]6O[C@H](CN)[C@@H](O)[C@H](O)[C@H]6O)[C@@H](O)[C@H](O)[C@H]5NC(C)=O)[C@@H](O)[C@H](O)[C@H]4O)[C@@H](O)[C@H](O)[C@H]3NC(C)=O)[C@@H](O)[C@H](O)[C@H]2O)O[C@H]1C(=O)O. The van der Waals surface area contributed by atoms with Gasteiger partial charge in [-0.2, -0.15) is 0 Å². The highest BCUT2D eigenvalue weighted by molar-refractivity contribution is 5.86. The number of ether oxygens (including phenoxy) is 6. The van der Waals surface area contributed by atoms with E-state index in [0.29, 0.717) is 0 Å². The second kappa shape index (κ2) is 30.4. The van der Waals surface area contributed by atoms with Gasteiger partial charge in [-0.15, -0.1) is 0 Å². The van der Waals surface area contributed by atoms with Crippen LogP contribution in [0.1, 0.15) is 20.8 Å². The number of rotatable bonds is 20. The summed E-state index contributed by atoms with van der Waals surface area (Å²) in [6, 6.07) is -5.10. The number of nitrogens with one attached hydrogen (secondary N) is 8. The zero-order valence-electron chi connectivity index (χ0n) is 46.9. The highest BCUT2D eigenvalue weighted by atomic mass is 16.6. The Labute approximate surface area is 496 Å². The Hall–Kier alpha value is -5.65. The fourth-order valence-electron chi connectivity index (χ4n) is 10.8. The van der Waals surface area contributed by atoms with Crippen molar-refractivity contribution < 1.29 is 153 Å². The summed E-state index contributed by atoms with van der Waals surface area (Å²) in [4.78, 5) is 116. The summed E-state index contributed by atoms with van der Waals surface area (Å²) < 4.78 is 33.3. The van der Waals surface area contributed by atoms with Crippen molar-refractivity contribution in [3.8, 4) is 0 Å². The van der Waals surface area contributed by atoms with Crippen LogP contribution in [-0.4, -0.2) is 357 Å². The molecule has 30 atom stereocenters. The molecule has 0 radical (unpaired) electrons. The van der Waals surface area contributed by atoms with Gasteiger partial charge in [-0.05, 0) is 0 Å². The van der Waals surface area contributed by atoms with Crippen LogP contribution in [0.2, 0.25) is 0 Å². The number of aliphatic carboxylic acids is 1. The van der Waals surface area contributed by atoms with Crippen LogP contribution in [-0.2, 0) is 71.6 Å². The standard InChI is InChI=1S/C48H77N9O31/c1-10(58)55-19-28(67)23(62)14(5-52-45(78)40-34(73)31(70)22(61)13(4-49)83-40)84-37(19)43(76)50-8-17-26(65)32(71)35(74)41(87-17)46(79)53-6-15-24(63)29(68)20(56-11(2)59)38(85-15)44(77)51-9-18-27(66)33(72)36(75)42(88-18)47(80)54-7-16-25(64)30(69)21(57-12(3)60)39(86-16)48(81)82/h13-42,61-75H,4-9,49H2,1-3H3,(H,50,76)(H,51,77)(H,52,78)(H,53,79)(H,54,80)(H,55,58)(H,56,59)(H,57,60)(H,81,82)/t13-,14-,15-,16-,17-,18-,19-,20-,21-,22-,23-,24-,25-,26-,27-,28-,29-,30-,31+,32+,33+,34-,35-,36-,37-,38-,39-,40-,41-,42-/m1/s1. The van der Waals surface area contributed by atoms with E-state index in [1.807, 2.05) is 0 Å². The van der Waals surface area contributed by atoms with Crippen molar-refractivity contribution in [2.75, 3.05) is 39.3 Å². The number of amides is 8. The van der Waals surface area contributed by atoms with Gasteiger partial charge in [0.25, 0.3) is 29.5 Å². The van der Waals surface area contributed by atoms with E-state index >= 15 is 0 Å². The highest BCUT2D eigenvalue weighted by Crippen LogP contribution is 2.29.